The molecule has 0 aromatic heterocycles. The Bertz CT molecular complexity index is 465. The summed E-state index contributed by atoms with van der Waals surface area (Å²) in [6, 6.07) is 6.83. The Morgan fingerprint density at radius 2 is 2.05 bits per heavy atom. The summed E-state index contributed by atoms with van der Waals surface area (Å²) in [6.07, 6.45) is 0. The van der Waals surface area contributed by atoms with Gasteiger partial charge in [-0.1, -0.05) is 12.1 Å². The molecule has 4 N–H and O–H groups in total. The van der Waals surface area contributed by atoms with Crippen LogP contribution in [0.1, 0.15) is 10.4 Å². The second kappa shape index (κ2) is 8.13. The number of carbonyl (C=O) groups is 2. The first-order valence-electron chi connectivity index (χ1n) is 6.20. The molecule has 0 aliphatic rings. The minimum absolute atomic E-state index is 0.0598. The first kappa shape index (κ1) is 15.9. The molecule has 0 radical (unpaired) electrons. The Balaban J connectivity index is 2.50. The number of likely N-dealkylation sites (N-methyl/N-ethyl adjacent to an activating group) is 2. The van der Waals surface area contributed by atoms with E-state index in [2.05, 4.69) is 10.7 Å². The van der Waals surface area contributed by atoms with Gasteiger partial charge in [0.15, 0.2) is 0 Å². The number of ether oxygens (including phenoxy) is 1. The zero-order valence-corrected chi connectivity index (χ0v) is 11.7. The molecule has 20 heavy (non-hydrogen) atoms. The molecule has 1 aromatic rings. The van der Waals surface area contributed by atoms with Crippen LogP contribution in [0.3, 0.4) is 0 Å². The monoisotopic (exact) mass is 280 g/mol. The summed E-state index contributed by atoms with van der Waals surface area (Å²) in [5, 5.41) is 2.55. The SMILES string of the molecule is CNC(=O)CN(C)CCOc1ccccc1C(=O)NN. The van der Waals surface area contributed by atoms with Crippen LogP contribution in [0.4, 0.5) is 0 Å². The summed E-state index contributed by atoms with van der Waals surface area (Å²) < 4.78 is 5.56. The summed E-state index contributed by atoms with van der Waals surface area (Å²) >= 11 is 0. The molecule has 0 saturated heterocycles. The zero-order chi connectivity index (χ0) is 15.0. The van der Waals surface area contributed by atoms with Crippen LogP contribution in [-0.2, 0) is 4.79 Å². The summed E-state index contributed by atoms with van der Waals surface area (Å²) in [4.78, 5) is 24.5. The van der Waals surface area contributed by atoms with Gasteiger partial charge in [0, 0.05) is 13.6 Å². The molecule has 7 nitrogen and oxygen atoms in total. The zero-order valence-electron chi connectivity index (χ0n) is 11.7. The average molecular weight is 280 g/mol. The van der Waals surface area contributed by atoms with Gasteiger partial charge in [0.05, 0.1) is 12.1 Å². The summed E-state index contributed by atoms with van der Waals surface area (Å²) in [5.41, 5.74) is 2.45. The van der Waals surface area contributed by atoms with Gasteiger partial charge in [0.1, 0.15) is 12.4 Å². The first-order chi connectivity index (χ1) is 9.58. The maximum atomic E-state index is 11.5. The number of rotatable bonds is 7. The summed E-state index contributed by atoms with van der Waals surface area (Å²) in [5.74, 6) is 5.11. The molecule has 0 bridgehead atoms. The lowest BCUT2D eigenvalue weighted by molar-refractivity contribution is -0.121. The van der Waals surface area contributed by atoms with E-state index in [1.165, 1.54) is 0 Å². The molecule has 110 valence electrons. The van der Waals surface area contributed by atoms with Crippen LogP contribution in [-0.4, -0.2) is 50.5 Å². The van der Waals surface area contributed by atoms with Crippen molar-refractivity contribution in [2.75, 3.05) is 33.8 Å². The Morgan fingerprint density at radius 1 is 1.35 bits per heavy atom. The molecule has 1 aromatic carbocycles. The summed E-state index contributed by atoms with van der Waals surface area (Å²) in [7, 11) is 3.41. The van der Waals surface area contributed by atoms with Gasteiger partial charge in [-0.3, -0.25) is 19.9 Å². The van der Waals surface area contributed by atoms with E-state index in [9.17, 15) is 9.59 Å². The first-order valence-corrected chi connectivity index (χ1v) is 6.20. The van der Waals surface area contributed by atoms with E-state index in [1.807, 2.05) is 11.9 Å². The van der Waals surface area contributed by atoms with Crippen LogP contribution in [0.5, 0.6) is 5.75 Å². The average Bonchev–Trinajstić information content (AvgIpc) is 2.46. The molecular weight excluding hydrogens is 260 g/mol. The van der Waals surface area contributed by atoms with Gasteiger partial charge in [-0.15, -0.1) is 0 Å². The van der Waals surface area contributed by atoms with E-state index in [1.54, 1.807) is 31.3 Å². The Kier molecular flexibility index (Phi) is 6.48. The van der Waals surface area contributed by atoms with E-state index in [0.29, 0.717) is 31.0 Å². The third-order valence-electron chi connectivity index (χ3n) is 2.69. The van der Waals surface area contributed by atoms with E-state index in [4.69, 9.17) is 10.6 Å². The fourth-order valence-corrected chi connectivity index (χ4v) is 1.57. The van der Waals surface area contributed by atoms with Gasteiger partial charge < -0.3 is 10.1 Å². The second-order valence-corrected chi connectivity index (χ2v) is 4.23. The Labute approximate surface area is 118 Å². The molecule has 0 aliphatic carbocycles. The molecule has 0 saturated carbocycles. The van der Waals surface area contributed by atoms with Crippen molar-refractivity contribution in [3.63, 3.8) is 0 Å². The molecular formula is C13H20N4O3. The van der Waals surface area contributed by atoms with Crippen molar-refractivity contribution >= 4 is 11.8 Å². The van der Waals surface area contributed by atoms with Crippen molar-refractivity contribution in [2.45, 2.75) is 0 Å². The number of nitrogen functional groups attached to an aromatic ring is 1. The second-order valence-electron chi connectivity index (χ2n) is 4.23. The van der Waals surface area contributed by atoms with Crippen LogP contribution < -0.4 is 21.3 Å². The quantitative estimate of drug-likeness (QED) is 0.350. The largest absolute Gasteiger partial charge is 0.491 e. The van der Waals surface area contributed by atoms with Crippen LogP contribution in [0, 0.1) is 0 Å². The van der Waals surface area contributed by atoms with Crippen molar-refractivity contribution < 1.29 is 14.3 Å². The predicted molar refractivity (Wildman–Crippen MR) is 75.2 cm³/mol. The lowest BCUT2D eigenvalue weighted by Gasteiger charge is -2.16. The number of hydrogen-bond acceptors (Lipinski definition) is 5. The number of nitrogens with one attached hydrogen (secondary N) is 2. The van der Waals surface area contributed by atoms with Crippen molar-refractivity contribution in [3.8, 4) is 5.75 Å². The van der Waals surface area contributed by atoms with E-state index in [-0.39, 0.29) is 5.91 Å². The van der Waals surface area contributed by atoms with Gasteiger partial charge in [-0.25, -0.2) is 5.84 Å². The summed E-state index contributed by atoms with van der Waals surface area (Å²) in [6.45, 7) is 1.22. The molecule has 2 amide bonds. The van der Waals surface area contributed by atoms with Crippen LogP contribution in [0.2, 0.25) is 0 Å². The standard InChI is InChI=1S/C13H20N4O3/c1-15-12(18)9-17(2)7-8-20-11-6-4-3-5-10(11)13(19)16-14/h3-6H,7-9,14H2,1-2H3,(H,15,18)(H,16,19). The molecule has 0 fully saturated rings. The van der Waals surface area contributed by atoms with Crippen molar-refractivity contribution in [1.29, 1.82) is 0 Å². The lowest BCUT2D eigenvalue weighted by Crippen LogP contribution is -2.35. The smallest absolute Gasteiger partial charge is 0.268 e. The Morgan fingerprint density at radius 3 is 2.70 bits per heavy atom. The fourth-order valence-electron chi connectivity index (χ4n) is 1.57. The maximum Gasteiger partial charge on any atom is 0.268 e. The van der Waals surface area contributed by atoms with Gasteiger partial charge in [0.2, 0.25) is 5.91 Å². The highest BCUT2D eigenvalue weighted by Gasteiger charge is 2.11. The number of nitrogens with zero attached hydrogens (tertiary/aromatic N) is 1. The van der Waals surface area contributed by atoms with Crippen LogP contribution in [0.15, 0.2) is 24.3 Å². The van der Waals surface area contributed by atoms with Crippen LogP contribution in [0.25, 0.3) is 0 Å². The number of hydrazine groups is 1. The molecule has 0 aliphatic heterocycles. The van der Waals surface area contributed by atoms with Crippen molar-refractivity contribution in [2.24, 2.45) is 5.84 Å². The molecule has 7 heteroatoms. The molecule has 1 rings (SSSR count). The fraction of sp³-hybridized carbons (Fsp3) is 0.385. The van der Waals surface area contributed by atoms with Gasteiger partial charge in [-0.2, -0.15) is 0 Å². The molecule has 0 unspecified atom stereocenters. The minimum Gasteiger partial charge on any atom is -0.491 e. The number of amides is 2. The molecule has 0 heterocycles. The third-order valence-corrected chi connectivity index (χ3v) is 2.69. The lowest BCUT2D eigenvalue weighted by atomic mass is 10.2. The number of nitrogens with two attached hydrogens (primary N) is 1. The van der Waals surface area contributed by atoms with E-state index in [0.717, 1.165) is 0 Å². The number of carbonyl (C=O) groups excluding carboxylic acids is 2. The van der Waals surface area contributed by atoms with Crippen molar-refractivity contribution in [1.82, 2.24) is 15.6 Å². The van der Waals surface area contributed by atoms with E-state index >= 15 is 0 Å². The molecule has 0 spiro atoms. The topological polar surface area (TPSA) is 96.7 Å². The predicted octanol–water partition coefficient (Wildman–Crippen LogP) is -0.653. The maximum absolute atomic E-state index is 11.5. The highest BCUT2D eigenvalue weighted by Crippen LogP contribution is 2.17. The third kappa shape index (κ3) is 4.87. The molecule has 0 atom stereocenters. The number of benzene rings is 1. The van der Waals surface area contributed by atoms with Gasteiger partial charge in [-0.05, 0) is 19.2 Å². The van der Waals surface area contributed by atoms with Crippen LogP contribution >= 0.6 is 0 Å². The van der Waals surface area contributed by atoms with Gasteiger partial charge >= 0.3 is 0 Å². The minimum atomic E-state index is -0.403. The normalized spacial score (nSPS) is 10.2. The highest BCUT2D eigenvalue weighted by molar-refractivity contribution is 5.96. The number of hydrogen-bond donors (Lipinski definition) is 3. The number of para-hydroxylation sites is 1. The van der Waals surface area contributed by atoms with Gasteiger partial charge in [0.25, 0.3) is 5.91 Å². The highest BCUT2D eigenvalue weighted by atomic mass is 16.5. The van der Waals surface area contributed by atoms with E-state index < -0.39 is 5.91 Å². The van der Waals surface area contributed by atoms with Crippen molar-refractivity contribution in [3.05, 3.63) is 29.8 Å². The Hall–Kier alpha value is -2.12.